The highest BCUT2D eigenvalue weighted by Gasteiger charge is 2.32. The van der Waals surface area contributed by atoms with Crippen LogP contribution in [0.4, 0.5) is 11.6 Å². The van der Waals surface area contributed by atoms with E-state index in [9.17, 15) is 0 Å². The van der Waals surface area contributed by atoms with E-state index in [0.717, 1.165) is 225 Å². The predicted octanol–water partition coefficient (Wildman–Crippen LogP) is 26.9. The minimum atomic E-state index is -0.0711. The number of aryl methyl sites for hydroxylation is 3. The number of piperidine rings is 2. The molecule has 16 aromatic rings. The van der Waals surface area contributed by atoms with E-state index >= 15 is 0 Å². The number of anilines is 2. The molecule has 6 aromatic carbocycles. The SMILES string of the molecule is Cc1cccc(-c2csc3c(-c4cccc(Cl)c4Cl)ncnc23)c1Cl.Cc1cccc(-c2csc3c(N4CCC(C)(CN)CC4)ncnc23)c1Cl.Cc1cccc(-c2csc3c(N4CCC(C)(N)CC4)ncnc23)c1Cl.Clc1cccc(-c2ncnc3c(Br)csc23)c1Cl.Clc1cccc(-c2ncnc3ccsc23)c1Cl. The fourth-order valence-electron chi connectivity index (χ4n) is 13.1. The third-order valence-electron chi connectivity index (χ3n) is 19.6. The molecule has 0 radical (unpaired) electrons. The van der Waals surface area contributed by atoms with Gasteiger partial charge in [0.05, 0.1) is 118 Å². The van der Waals surface area contributed by atoms with Gasteiger partial charge in [-0.15, -0.1) is 56.7 Å². The van der Waals surface area contributed by atoms with Crippen molar-refractivity contribution in [3.8, 4) is 67.2 Å². The molecule has 564 valence electrons. The molecule has 14 nitrogen and oxygen atoms in total. The summed E-state index contributed by atoms with van der Waals surface area (Å²) in [4.78, 5) is 49.1. The highest BCUT2D eigenvalue weighted by molar-refractivity contribution is 9.10. The summed E-state index contributed by atoms with van der Waals surface area (Å²) in [5.41, 5.74) is 31.3. The first kappa shape index (κ1) is 80.7. The molecule has 29 heteroatoms. The number of fused-ring (bicyclic) bond motifs is 5. The van der Waals surface area contributed by atoms with E-state index in [1.165, 1.54) is 6.33 Å². The van der Waals surface area contributed by atoms with E-state index in [1.807, 2.05) is 116 Å². The summed E-state index contributed by atoms with van der Waals surface area (Å²) in [5, 5.41) is 15.8. The van der Waals surface area contributed by atoms with Crippen molar-refractivity contribution in [1.29, 1.82) is 0 Å². The summed E-state index contributed by atoms with van der Waals surface area (Å²) < 4.78 is 6.20. The van der Waals surface area contributed by atoms with Crippen LogP contribution in [0, 0.1) is 26.2 Å². The van der Waals surface area contributed by atoms with Crippen molar-refractivity contribution in [1.82, 2.24) is 49.8 Å². The summed E-state index contributed by atoms with van der Waals surface area (Å²) in [6, 6.07) is 36.8. The van der Waals surface area contributed by atoms with Crippen molar-refractivity contribution in [3.05, 3.63) is 240 Å². The van der Waals surface area contributed by atoms with Gasteiger partial charge in [0.1, 0.15) is 43.3 Å². The Morgan fingerprint density at radius 1 is 0.369 bits per heavy atom. The van der Waals surface area contributed by atoms with E-state index < -0.39 is 0 Å². The molecule has 0 saturated carbocycles. The van der Waals surface area contributed by atoms with Crippen LogP contribution in [0.1, 0.15) is 56.2 Å². The van der Waals surface area contributed by atoms with Crippen LogP contribution in [0.25, 0.3) is 118 Å². The van der Waals surface area contributed by atoms with E-state index in [2.05, 4.69) is 118 Å². The molecule has 0 spiro atoms. The van der Waals surface area contributed by atoms with Crippen molar-refractivity contribution in [2.24, 2.45) is 16.9 Å². The molecule has 2 aliphatic rings. The molecule has 0 unspecified atom stereocenters. The van der Waals surface area contributed by atoms with E-state index in [0.29, 0.717) is 30.1 Å². The van der Waals surface area contributed by atoms with Gasteiger partial charge in [-0.1, -0.05) is 202 Å². The molecule has 0 amide bonds. The quantitative estimate of drug-likeness (QED) is 0.139. The molecule has 0 aliphatic carbocycles. The van der Waals surface area contributed by atoms with Gasteiger partial charge >= 0.3 is 0 Å². The molecular formula is C82H66BrCl9N14S5. The zero-order valence-corrected chi connectivity index (χ0v) is 72.4. The summed E-state index contributed by atoms with van der Waals surface area (Å²) in [5.74, 6) is 2.05. The van der Waals surface area contributed by atoms with Crippen LogP contribution in [0.15, 0.2) is 178 Å². The maximum atomic E-state index is 6.56. The molecule has 2 fully saturated rings. The van der Waals surface area contributed by atoms with Gasteiger partial charge in [0.15, 0.2) is 0 Å². The topological polar surface area (TPSA) is 187 Å². The largest absolute Gasteiger partial charge is 0.355 e. The smallest absolute Gasteiger partial charge is 0.150 e. The number of aromatic nitrogens is 10. The molecule has 18 rings (SSSR count). The number of rotatable bonds is 9. The first-order valence-electron chi connectivity index (χ1n) is 34.8. The van der Waals surface area contributed by atoms with Crippen LogP contribution in [0.3, 0.4) is 0 Å². The normalized spacial score (nSPS) is 13.8. The van der Waals surface area contributed by atoms with Gasteiger partial charge in [-0.3, -0.25) is 0 Å². The van der Waals surface area contributed by atoms with E-state index in [4.69, 9.17) is 116 Å². The lowest BCUT2D eigenvalue weighted by Gasteiger charge is -2.39. The Bertz CT molecular complexity index is 6110. The number of benzene rings is 6. The molecule has 12 heterocycles. The van der Waals surface area contributed by atoms with Gasteiger partial charge in [-0.25, -0.2) is 49.8 Å². The molecule has 10 aromatic heterocycles. The number of thiophene rings is 5. The highest BCUT2D eigenvalue weighted by atomic mass is 79.9. The zero-order chi connectivity index (χ0) is 78.0. The third-order valence-corrected chi connectivity index (χ3v) is 29.3. The zero-order valence-electron chi connectivity index (χ0n) is 59.9. The van der Waals surface area contributed by atoms with Gasteiger partial charge in [-0.05, 0) is 128 Å². The average molecular weight is 1810 g/mol. The lowest BCUT2D eigenvalue weighted by atomic mass is 9.80. The Morgan fingerprint density at radius 3 is 1.14 bits per heavy atom. The number of hydrogen-bond acceptors (Lipinski definition) is 19. The van der Waals surface area contributed by atoms with Crippen molar-refractivity contribution < 1.29 is 0 Å². The van der Waals surface area contributed by atoms with Gasteiger partial charge in [0.2, 0.25) is 0 Å². The van der Waals surface area contributed by atoms with Crippen LogP contribution in [-0.4, -0.2) is 88.1 Å². The van der Waals surface area contributed by atoms with Crippen LogP contribution in [-0.2, 0) is 0 Å². The number of hydrogen-bond donors (Lipinski definition) is 2. The van der Waals surface area contributed by atoms with Crippen LogP contribution in [0.5, 0.6) is 0 Å². The van der Waals surface area contributed by atoms with Crippen LogP contribution in [0.2, 0.25) is 45.2 Å². The molecule has 2 aliphatic heterocycles. The predicted molar refractivity (Wildman–Crippen MR) is 479 cm³/mol. The van der Waals surface area contributed by atoms with Gasteiger partial charge in [0.25, 0.3) is 0 Å². The summed E-state index contributed by atoms with van der Waals surface area (Å²) in [6.45, 7) is 15.0. The van der Waals surface area contributed by atoms with Crippen LogP contribution < -0.4 is 21.3 Å². The third kappa shape index (κ3) is 17.1. The second-order valence-electron chi connectivity index (χ2n) is 27.2. The fourth-order valence-corrected chi connectivity index (χ4v) is 20.4. The molecule has 0 bridgehead atoms. The lowest BCUT2D eigenvalue weighted by molar-refractivity contribution is 0.258. The minimum absolute atomic E-state index is 0.0711. The van der Waals surface area contributed by atoms with Gasteiger partial charge in [-0.2, -0.15) is 0 Å². The van der Waals surface area contributed by atoms with Crippen LogP contribution >= 0.6 is 177 Å². The lowest BCUT2D eigenvalue weighted by Crippen LogP contribution is -2.48. The Hall–Kier alpha value is -6.87. The number of nitrogens with two attached hydrogens (primary N) is 2. The van der Waals surface area contributed by atoms with Gasteiger partial charge in [0, 0.05) is 103 Å². The average Bonchev–Trinajstić information content (AvgIpc) is 1.66. The van der Waals surface area contributed by atoms with E-state index in [1.54, 1.807) is 100 Å². The van der Waals surface area contributed by atoms with Crippen molar-refractivity contribution >= 4 is 240 Å². The Labute approximate surface area is 714 Å². The molecule has 0 atom stereocenters. The number of halogens is 10. The monoisotopic (exact) mass is 1800 g/mol. The Balaban J connectivity index is 0.000000117. The first-order chi connectivity index (χ1) is 53.5. The first-order valence-corrected chi connectivity index (χ1v) is 43.4. The highest BCUT2D eigenvalue weighted by Crippen LogP contribution is 2.47. The Morgan fingerprint density at radius 2 is 0.712 bits per heavy atom. The Kier molecular flexibility index (Phi) is 25.5. The second-order valence-corrected chi connectivity index (χ2v) is 36.0. The standard InChI is InChI=1S/C20H23ClN4S.C19H11Cl3N2S.C19H21ClN4S.C12H5BrCl2N2S.C12H6Cl2N2S/c1-13-4-3-5-14(16(13)21)15-10-26-18-17(15)23-12-24-19(18)25-8-6-20(2,11-22)7-9-25;1-10-4-2-5-11(15(10)21)13-8-25-19-17(23-9-24-18(13)19)12-6-3-7-14(20)16(12)22;1-12-4-3-5-13(15(12)20)14-10-25-17-16(14)22-11-23-18(17)24-8-6-19(2,21)7-9-24;13-7-4-18-12-10(16-5-17-11(7)12)6-2-1-3-8(14)9(6)15;13-8-3-1-2-7(10(8)14)11-12-9(4-5-17-12)15-6-16-11/h3-5,10,12H,6-9,11,22H2,1-2H3;2-9H,1H3;3-5,10-11H,6-9,21H2,1-2H3;1-5H;1-6H. The molecule has 111 heavy (non-hydrogen) atoms. The number of nitrogens with zero attached hydrogens (tertiary/aromatic N) is 12. The summed E-state index contributed by atoms with van der Waals surface area (Å²) in [7, 11) is 0. The maximum absolute atomic E-state index is 6.56. The van der Waals surface area contributed by atoms with Gasteiger partial charge < -0.3 is 21.3 Å². The summed E-state index contributed by atoms with van der Waals surface area (Å²) >= 11 is 68.3. The minimum Gasteiger partial charge on any atom is -0.355 e. The molecule has 2 saturated heterocycles. The summed E-state index contributed by atoms with van der Waals surface area (Å²) in [6.07, 6.45) is 12.1. The van der Waals surface area contributed by atoms with Crippen molar-refractivity contribution in [3.63, 3.8) is 0 Å². The van der Waals surface area contributed by atoms with Crippen molar-refractivity contribution in [2.45, 2.75) is 65.8 Å². The molecular weight excluding hydrogens is 1740 g/mol. The van der Waals surface area contributed by atoms with Crippen molar-refractivity contribution in [2.75, 3.05) is 42.5 Å². The molecule has 4 N–H and O–H groups in total. The second kappa shape index (κ2) is 35.1. The maximum Gasteiger partial charge on any atom is 0.150 e. The van der Waals surface area contributed by atoms with E-state index in [-0.39, 0.29) is 11.0 Å². The fraction of sp³-hybridized carbons (Fsp3) is 0.195.